The van der Waals surface area contributed by atoms with Crippen LogP contribution >= 0.6 is 0 Å². The molecular formula is C99H84N2Si2. The summed E-state index contributed by atoms with van der Waals surface area (Å²) in [6.07, 6.45) is 9.27. The molecule has 0 saturated heterocycles. The van der Waals surface area contributed by atoms with Crippen molar-refractivity contribution in [3.05, 3.63) is 323 Å². The lowest BCUT2D eigenvalue weighted by Gasteiger charge is -2.30. The summed E-state index contributed by atoms with van der Waals surface area (Å²) in [6, 6.07) is 103. The van der Waals surface area contributed by atoms with Crippen molar-refractivity contribution in [2.45, 2.75) is 97.1 Å². The van der Waals surface area contributed by atoms with Crippen molar-refractivity contribution >= 4 is 106 Å². The van der Waals surface area contributed by atoms with E-state index in [2.05, 4.69) is 382 Å². The summed E-state index contributed by atoms with van der Waals surface area (Å²) in [5.74, 6) is 0. The highest BCUT2D eigenvalue weighted by Crippen LogP contribution is 2.58. The van der Waals surface area contributed by atoms with Gasteiger partial charge in [0.05, 0.1) is 27.5 Å². The first kappa shape index (κ1) is 63.1. The molecule has 0 aromatic heterocycles. The van der Waals surface area contributed by atoms with Crippen molar-refractivity contribution in [2.75, 3.05) is 9.80 Å². The Labute approximate surface area is 609 Å². The van der Waals surface area contributed by atoms with Gasteiger partial charge in [-0.2, -0.15) is 0 Å². The average molecular weight is 1360 g/mol. The van der Waals surface area contributed by atoms with Crippen LogP contribution in [0, 0.1) is 0 Å². The van der Waals surface area contributed by atoms with Crippen LogP contribution in [0.25, 0.3) is 124 Å². The first-order valence-electron chi connectivity index (χ1n) is 36.9. The van der Waals surface area contributed by atoms with Crippen molar-refractivity contribution in [1.29, 1.82) is 0 Å². The fraction of sp³-hybridized carbons (Fsp3) is 0.152. The van der Waals surface area contributed by atoms with Crippen molar-refractivity contribution < 1.29 is 0 Å². The molecule has 0 saturated carbocycles. The molecule has 0 N–H and O–H groups in total. The molecule has 498 valence electrons. The molecule has 0 radical (unpaired) electrons. The maximum Gasteiger partial charge on any atom is 0.0775 e. The van der Waals surface area contributed by atoms with E-state index in [0.717, 1.165) is 0 Å². The van der Waals surface area contributed by atoms with E-state index in [9.17, 15) is 0 Å². The van der Waals surface area contributed by atoms with Gasteiger partial charge in [-0.15, -0.1) is 0 Å². The number of benzene rings is 14. The van der Waals surface area contributed by atoms with Crippen LogP contribution in [0.15, 0.2) is 267 Å². The summed E-state index contributed by atoms with van der Waals surface area (Å²) in [5, 5.41) is 8.14. The van der Waals surface area contributed by atoms with Gasteiger partial charge in [0.15, 0.2) is 0 Å². The molecule has 0 amide bonds. The van der Waals surface area contributed by atoms with Crippen LogP contribution < -0.4 is 20.2 Å². The molecule has 0 atom stereocenters. The lowest BCUT2D eigenvalue weighted by atomic mass is 9.81. The Hall–Kier alpha value is -10.9. The topological polar surface area (TPSA) is 6.48 Å². The molecular weight excluding hydrogens is 1270 g/mol. The zero-order valence-corrected chi connectivity index (χ0v) is 63.1. The molecule has 4 heteroatoms. The van der Waals surface area contributed by atoms with E-state index < -0.39 is 16.1 Å². The Balaban J connectivity index is 0.581. The van der Waals surface area contributed by atoms with Gasteiger partial charge < -0.3 is 9.80 Å². The zero-order valence-electron chi connectivity index (χ0n) is 61.1. The van der Waals surface area contributed by atoms with Gasteiger partial charge in [0.25, 0.3) is 0 Å². The van der Waals surface area contributed by atoms with Crippen LogP contribution in [-0.2, 0) is 16.2 Å². The molecule has 5 aliphatic rings. The average Bonchev–Trinajstić information content (AvgIpc) is 1.61. The molecule has 14 aromatic carbocycles. The van der Waals surface area contributed by atoms with E-state index in [1.54, 1.807) is 0 Å². The Bertz CT molecular complexity index is 5610. The van der Waals surface area contributed by atoms with Crippen LogP contribution in [0.2, 0.25) is 39.3 Å². The van der Waals surface area contributed by atoms with Gasteiger partial charge in [0.2, 0.25) is 0 Å². The second-order valence-electron chi connectivity index (χ2n) is 33.3. The monoisotopic (exact) mass is 1360 g/mol. The maximum absolute atomic E-state index is 2.51. The normalized spacial score (nSPS) is 14.8. The molecule has 2 nitrogen and oxygen atoms in total. The fourth-order valence-electron chi connectivity index (χ4n) is 18.4. The largest absolute Gasteiger partial charge is 0.310 e. The highest BCUT2D eigenvalue weighted by atomic mass is 28.3. The summed E-state index contributed by atoms with van der Waals surface area (Å²) in [4.78, 5) is 5.03. The van der Waals surface area contributed by atoms with Gasteiger partial charge in [-0.05, 0) is 205 Å². The third-order valence-corrected chi connectivity index (χ3v) is 28.2. The van der Waals surface area contributed by atoms with Crippen LogP contribution in [0.4, 0.5) is 34.1 Å². The smallest absolute Gasteiger partial charge is 0.0775 e. The Morgan fingerprint density at radius 1 is 0.233 bits per heavy atom. The molecule has 0 spiro atoms. The highest BCUT2D eigenvalue weighted by Gasteiger charge is 2.40. The molecule has 103 heavy (non-hydrogen) atoms. The van der Waals surface area contributed by atoms with Gasteiger partial charge in [0, 0.05) is 49.8 Å². The third-order valence-electron chi connectivity index (χ3n) is 24.1. The minimum absolute atomic E-state index is 0.177. The van der Waals surface area contributed by atoms with Gasteiger partial charge in [-0.25, -0.2) is 0 Å². The fourth-order valence-corrected chi connectivity index (χ4v) is 20.7. The Kier molecular flexibility index (Phi) is 13.8. The second kappa shape index (κ2) is 22.6. The zero-order chi connectivity index (χ0) is 70.4. The van der Waals surface area contributed by atoms with E-state index in [1.807, 2.05) is 0 Å². The number of fused-ring (bicyclic) bond motifs is 15. The first-order valence-corrected chi connectivity index (χ1v) is 43.9. The summed E-state index contributed by atoms with van der Waals surface area (Å²) < 4.78 is 0. The van der Waals surface area contributed by atoms with Crippen molar-refractivity contribution in [2.24, 2.45) is 0 Å². The van der Waals surface area contributed by atoms with Crippen LogP contribution in [0.1, 0.15) is 97.2 Å². The molecule has 5 aliphatic carbocycles. The first-order chi connectivity index (χ1) is 49.6. The molecule has 0 bridgehead atoms. The summed E-state index contributed by atoms with van der Waals surface area (Å²) in [6.45, 7) is 29.1. The summed E-state index contributed by atoms with van der Waals surface area (Å²) >= 11 is 0. The van der Waals surface area contributed by atoms with Crippen molar-refractivity contribution in [3.8, 4) is 77.9 Å². The quantitative estimate of drug-likeness (QED) is 0.0888. The third kappa shape index (κ3) is 9.70. The predicted molar refractivity (Wildman–Crippen MR) is 449 cm³/mol. The predicted octanol–water partition coefficient (Wildman–Crippen LogP) is 26.6. The van der Waals surface area contributed by atoms with E-state index in [1.165, 1.54) is 200 Å². The van der Waals surface area contributed by atoms with Gasteiger partial charge in [-0.3, -0.25) is 0 Å². The molecule has 0 unspecified atom stereocenters. The number of rotatable bonds is 12. The van der Waals surface area contributed by atoms with E-state index in [0.29, 0.717) is 0 Å². The Morgan fingerprint density at radius 2 is 0.485 bits per heavy atom. The summed E-state index contributed by atoms with van der Waals surface area (Å²) in [7, 11) is -3.06. The van der Waals surface area contributed by atoms with Crippen molar-refractivity contribution in [1.82, 2.24) is 0 Å². The second-order valence-corrected chi connectivity index (χ2v) is 43.5. The lowest BCUT2D eigenvalue weighted by molar-refractivity contribution is 0.660. The minimum atomic E-state index is -1.53. The highest BCUT2D eigenvalue weighted by molar-refractivity contribution is 6.89. The number of nitrogens with zero attached hydrogens (tertiary/aromatic N) is 2. The lowest BCUT2D eigenvalue weighted by Crippen LogP contribution is -2.37. The maximum atomic E-state index is 2.51. The summed E-state index contributed by atoms with van der Waals surface area (Å²) in [5.41, 5.74) is 37.9. The molecule has 0 heterocycles. The number of hydrogen-bond donors (Lipinski definition) is 0. The number of hydrogen-bond acceptors (Lipinski definition) is 2. The van der Waals surface area contributed by atoms with E-state index in [4.69, 9.17) is 0 Å². The van der Waals surface area contributed by atoms with Gasteiger partial charge in [-0.1, -0.05) is 322 Å². The Morgan fingerprint density at radius 3 is 0.786 bits per heavy atom. The van der Waals surface area contributed by atoms with Gasteiger partial charge in [0.1, 0.15) is 0 Å². The number of anilines is 6. The van der Waals surface area contributed by atoms with Crippen LogP contribution in [-0.4, -0.2) is 16.1 Å². The standard InChI is InChI=1S/C99H84N2Si2/c1-97(2)87-55-61(27-29-63-33-47-77-79-49-39-67(59-91(79)98(3,4)89(77)57-63)100(65-35-41-69(42-36-65)102(7,8)9)93-53-51-83-73-21-15-13-19-71(73)81-23-17-25-85(93)95(81)83)31-45-75(87)76-46-32-62(56-88(76)97)28-30-64-34-48-78-80-50-40-68(60-92(80)99(5,6)90(78)58-64)101(66-37-43-70(44-38-66)103(10,11)12)94-54-52-84-74-22-16-14-20-72(74)82-24-18-26-86(94)96(82)84/h13-60H,1-12H3. The SMILES string of the molecule is CC1(C)c2cc(C=Cc3ccc4c(c3)C(C)(C)c3cc(N(c5ccc([Si](C)(C)C)cc5)c5ccc6c7c(cccc57)-c5ccccc5-6)ccc3-4)ccc2-c2ccc(C=Cc3ccc4c(c3)C(C)(C)c3cc(N(c5ccc([Si](C)(C)C)cc5)c5ccc6c7c(cccc57)-c5ccccc5-6)ccc3-4)cc21. The van der Waals surface area contributed by atoms with Crippen molar-refractivity contribution in [3.63, 3.8) is 0 Å². The molecule has 14 aromatic rings. The molecule has 0 fully saturated rings. The van der Waals surface area contributed by atoms with E-state index in [-0.39, 0.29) is 16.2 Å². The van der Waals surface area contributed by atoms with Crippen LogP contribution in [0.3, 0.4) is 0 Å². The molecule has 0 aliphatic heterocycles. The van der Waals surface area contributed by atoms with Gasteiger partial charge >= 0.3 is 0 Å². The molecule has 19 rings (SSSR count). The van der Waals surface area contributed by atoms with E-state index >= 15 is 0 Å². The minimum Gasteiger partial charge on any atom is -0.310 e. The van der Waals surface area contributed by atoms with Crippen LogP contribution in [0.5, 0.6) is 0 Å².